The highest BCUT2D eigenvalue weighted by Crippen LogP contribution is 2.24. The number of rotatable bonds is 9. The molecule has 1 aromatic rings. The fourth-order valence-electron chi connectivity index (χ4n) is 4.11. The number of likely N-dealkylation sites (N-methyl/N-ethyl adjacent to an activating group) is 1. The number of methoxy groups -OCH3 is 1. The van der Waals surface area contributed by atoms with E-state index < -0.39 is 0 Å². The molecule has 29 heavy (non-hydrogen) atoms. The molecule has 0 spiro atoms. The zero-order valence-electron chi connectivity index (χ0n) is 19.2. The molecule has 1 heterocycles. The van der Waals surface area contributed by atoms with Crippen molar-refractivity contribution in [1.82, 2.24) is 20.4 Å². The minimum absolute atomic E-state index is 0.265. The number of piperidine rings is 1. The number of nitrogens with one attached hydrogen (secondary N) is 2. The summed E-state index contributed by atoms with van der Waals surface area (Å²) in [6.45, 7) is 14.1. The number of aliphatic imine (C=N–C) groups is 1. The van der Waals surface area contributed by atoms with Gasteiger partial charge in [0.05, 0.1) is 13.2 Å². The van der Waals surface area contributed by atoms with Crippen molar-refractivity contribution < 1.29 is 4.74 Å². The maximum absolute atomic E-state index is 5.45. The van der Waals surface area contributed by atoms with Crippen molar-refractivity contribution in [1.29, 1.82) is 0 Å². The largest absolute Gasteiger partial charge is 0.497 e. The van der Waals surface area contributed by atoms with Crippen molar-refractivity contribution in [2.75, 3.05) is 46.9 Å². The summed E-state index contributed by atoms with van der Waals surface area (Å²) in [5.74, 6) is 1.80. The monoisotopic (exact) mass is 403 g/mol. The molecule has 1 fully saturated rings. The molecule has 0 aromatic heterocycles. The lowest BCUT2D eigenvalue weighted by atomic mass is 10.0. The summed E-state index contributed by atoms with van der Waals surface area (Å²) in [5.41, 5.74) is 1.27. The van der Waals surface area contributed by atoms with Crippen LogP contribution >= 0.6 is 0 Å². The van der Waals surface area contributed by atoms with Gasteiger partial charge in [0.1, 0.15) is 5.75 Å². The Labute approximate surface area is 177 Å². The highest BCUT2D eigenvalue weighted by Gasteiger charge is 2.23. The summed E-state index contributed by atoms with van der Waals surface area (Å²) in [5, 5.41) is 7.22. The van der Waals surface area contributed by atoms with Gasteiger partial charge >= 0.3 is 0 Å². The van der Waals surface area contributed by atoms with Gasteiger partial charge in [-0.25, -0.2) is 0 Å². The summed E-state index contributed by atoms with van der Waals surface area (Å²) in [7, 11) is 3.58. The molecule has 2 rings (SSSR count). The summed E-state index contributed by atoms with van der Waals surface area (Å²) in [4.78, 5) is 9.50. The van der Waals surface area contributed by atoms with E-state index in [1.54, 1.807) is 7.11 Å². The fraction of sp³-hybridized carbons (Fsp3) is 0.696. The first kappa shape index (κ1) is 23.5. The summed E-state index contributed by atoms with van der Waals surface area (Å²) >= 11 is 0. The van der Waals surface area contributed by atoms with Crippen LogP contribution in [0, 0.1) is 0 Å². The van der Waals surface area contributed by atoms with E-state index >= 15 is 0 Å². The SMILES string of the molecule is CCN(CC)C(CNC(=NC)NC1CCN(C(C)C)CC1)c1cccc(OC)c1. The first-order valence-electron chi connectivity index (χ1n) is 11.1. The lowest BCUT2D eigenvalue weighted by Gasteiger charge is -2.36. The third kappa shape index (κ3) is 6.89. The van der Waals surface area contributed by atoms with Crippen LogP contribution in [0.1, 0.15) is 52.1 Å². The molecule has 0 amide bonds. The molecule has 1 saturated heterocycles. The maximum Gasteiger partial charge on any atom is 0.191 e. The maximum atomic E-state index is 5.45. The molecule has 2 N–H and O–H groups in total. The average Bonchev–Trinajstić information content (AvgIpc) is 2.76. The summed E-state index contributed by atoms with van der Waals surface area (Å²) < 4.78 is 5.45. The molecule has 1 unspecified atom stereocenters. The predicted molar refractivity (Wildman–Crippen MR) is 123 cm³/mol. The minimum Gasteiger partial charge on any atom is -0.497 e. The Kier molecular flexibility index (Phi) is 9.74. The molecule has 0 bridgehead atoms. The molecule has 0 saturated carbocycles. The van der Waals surface area contributed by atoms with Gasteiger partial charge in [-0.3, -0.25) is 9.89 Å². The van der Waals surface area contributed by atoms with E-state index in [-0.39, 0.29) is 6.04 Å². The van der Waals surface area contributed by atoms with Gasteiger partial charge in [-0.15, -0.1) is 0 Å². The first-order valence-corrected chi connectivity index (χ1v) is 11.1. The van der Waals surface area contributed by atoms with E-state index in [2.05, 4.69) is 71.3 Å². The Morgan fingerprint density at radius 2 is 1.93 bits per heavy atom. The van der Waals surface area contributed by atoms with Crippen LogP contribution in [0.15, 0.2) is 29.3 Å². The van der Waals surface area contributed by atoms with Gasteiger partial charge in [-0.1, -0.05) is 26.0 Å². The third-order valence-corrected chi connectivity index (χ3v) is 6.02. The molecule has 0 aliphatic carbocycles. The van der Waals surface area contributed by atoms with Crippen LogP contribution in [0.5, 0.6) is 5.75 Å². The fourth-order valence-corrected chi connectivity index (χ4v) is 4.11. The number of guanidine groups is 1. The molecular formula is C23H41N5O. The number of hydrogen-bond donors (Lipinski definition) is 2. The molecule has 0 radical (unpaired) electrons. The smallest absolute Gasteiger partial charge is 0.191 e. The Hall–Kier alpha value is -1.79. The zero-order valence-corrected chi connectivity index (χ0v) is 19.2. The van der Waals surface area contributed by atoms with Gasteiger partial charge in [0.15, 0.2) is 5.96 Å². The lowest BCUT2D eigenvalue weighted by molar-refractivity contribution is 0.167. The third-order valence-electron chi connectivity index (χ3n) is 6.02. The van der Waals surface area contributed by atoms with Crippen molar-refractivity contribution in [2.45, 2.75) is 58.7 Å². The number of likely N-dealkylation sites (tertiary alicyclic amines) is 1. The van der Waals surface area contributed by atoms with E-state index in [4.69, 9.17) is 4.74 Å². The van der Waals surface area contributed by atoms with Crippen LogP contribution in [-0.2, 0) is 0 Å². The molecule has 1 aromatic carbocycles. The molecule has 164 valence electrons. The highest BCUT2D eigenvalue weighted by molar-refractivity contribution is 5.80. The zero-order chi connectivity index (χ0) is 21.2. The first-order chi connectivity index (χ1) is 14.0. The van der Waals surface area contributed by atoms with Crippen LogP contribution in [0.2, 0.25) is 0 Å². The van der Waals surface area contributed by atoms with Gasteiger partial charge < -0.3 is 20.3 Å². The molecular weight excluding hydrogens is 362 g/mol. The average molecular weight is 404 g/mol. The van der Waals surface area contributed by atoms with E-state index in [1.807, 2.05) is 13.1 Å². The van der Waals surface area contributed by atoms with Crippen LogP contribution in [-0.4, -0.2) is 74.7 Å². The number of nitrogens with zero attached hydrogens (tertiary/aromatic N) is 3. The standard InChI is InChI=1S/C23H41N5O/c1-7-27(8-2)22(19-10-9-11-21(16-19)29-6)17-25-23(24-5)26-20-12-14-28(15-13-20)18(3)4/h9-11,16,18,20,22H,7-8,12-15,17H2,1-6H3,(H2,24,25,26). The normalized spacial score (nSPS) is 17.6. The number of ether oxygens (including phenoxy) is 1. The van der Waals surface area contributed by atoms with Crippen LogP contribution in [0.4, 0.5) is 0 Å². The quantitative estimate of drug-likeness (QED) is 0.490. The lowest BCUT2D eigenvalue weighted by Crippen LogP contribution is -2.51. The minimum atomic E-state index is 0.265. The van der Waals surface area contributed by atoms with Gasteiger partial charge in [0.25, 0.3) is 0 Å². The van der Waals surface area contributed by atoms with E-state index in [0.29, 0.717) is 12.1 Å². The Morgan fingerprint density at radius 1 is 1.24 bits per heavy atom. The van der Waals surface area contributed by atoms with Crippen LogP contribution < -0.4 is 15.4 Å². The van der Waals surface area contributed by atoms with E-state index in [0.717, 1.165) is 57.3 Å². The number of benzene rings is 1. The topological polar surface area (TPSA) is 52.1 Å². The van der Waals surface area contributed by atoms with Crippen molar-refractivity contribution in [3.05, 3.63) is 29.8 Å². The molecule has 1 aliphatic rings. The van der Waals surface area contributed by atoms with Gasteiger partial charge in [-0.05, 0) is 57.5 Å². The van der Waals surface area contributed by atoms with Crippen molar-refractivity contribution in [3.8, 4) is 5.75 Å². The molecule has 6 nitrogen and oxygen atoms in total. The van der Waals surface area contributed by atoms with Crippen molar-refractivity contribution in [3.63, 3.8) is 0 Å². The second-order valence-corrected chi connectivity index (χ2v) is 8.02. The number of hydrogen-bond acceptors (Lipinski definition) is 4. The van der Waals surface area contributed by atoms with E-state index in [1.165, 1.54) is 5.56 Å². The Balaban J connectivity index is 1.99. The van der Waals surface area contributed by atoms with Gasteiger partial charge in [0.2, 0.25) is 0 Å². The van der Waals surface area contributed by atoms with Crippen LogP contribution in [0.3, 0.4) is 0 Å². The second-order valence-electron chi connectivity index (χ2n) is 8.02. The summed E-state index contributed by atoms with van der Waals surface area (Å²) in [6, 6.07) is 9.78. The summed E-state index contributed by atoms with van der Waals surface area (Å²) in [6.07, 6.45) is 2.32. The molecule has 1 atom stereocenters. The molecule has 1 aliphatic heterocycles. The molecule has 6 heteroatoms. The highest BCUT2D eigenvalue weighted by atomic mass is 16.5. The second kappa shape index (κ2) is 12.0. The van der Waals surface area contributed by atoms with Gasteiger partial charge in [-0.2, -0.15) is 0 Å². The van der Waals surface area contributed by atoms with E-state index in [9.17, 15) is 0 Å². The van der Waals surface area contributed by atoms with Crippen molar-refractivity contribution >= 4 is 5.96 Å². The Morgan fingerprint density at radius 3 is 2.48 bits per heavy atom. The van der Waals surface area contributed by atoms with Crippen LogP contribution in [0.25, 0.3) is 0 Å². The van der Waals surface area contributed by atoms with Crippen molar-refractivity contribution in [2.24, 2.45) is 4.99 Å². The van der Waals surface area contributed by atoms with Gasteiger partial charge in [0, 0.05) is 38.8 Å². The predicted octanol–water partition coefficient (Wildman–Crippen LogP) is 3.12. The Bertz CT molecular complexity index is 621.